The van der Waals surface area contributed by atoms with E-state index in [0.717, 1.165) is 0 Å². The third kappa shape index (κ3) is 1.35. The lowest BCUT2D eigenvalue weighted by Crippen LogP contribution is -2.55. The maximum Gasteiger partial charge on any atom is 0.0654 e. The standard InChI is InChI=1S/C14H25N3/c1-9(2)14(13(4,5)6)11-7-8-16-17(11)10(3)12(14)15/h7-10,12H,15H2,1-6H3/t10?,12-,14?/m1/s1. The van der Waals surface area contributed by atoms with E-state index in [1.807, 2.05) is 6.20 Å². The maximum atomic E-state index is 6.58. The molecule has 1 aromatic heterocycles. The second-order valence-electron chi connectivity index (χ2n) is 6.70. The molecule has 0 saturated carbocycles. The van der Waals surface area contributed by atoms with E-state index in [1.165, 1.54) is 5.69 Å². The lowest BCUT2D eigenvalue weighted by atomic mass is 9.56. The number of nitrogens with zero attached hydrogens (tertiary/aromatic N) is 2. The van der Waals surface area contributed by atoms with Crippen molar-refractivity contribution in [3.05, 3.63) is 18.0 Å². The van der Waals surface area contributed by atoms with Gasteiger partial charge in [0, 0.05) is 23.3 Å². The summed E-state index contributed by atoms with van der Waals surface area (Å²) in [7, 11) is 0. The molecular weight excluding hydrogens is 210 g/mol. The molecule has 0 fully saturated rings. The predicted octanol–water partition coefficient (Wildman–Crippen LogP) is 2.72. The molecule has 0 amide bonds. The summed E-state index contributed by atoms with van der Waals surface area (Å²) in [4.78, 5) is 0. The number of hydrogen-bond donors (Lipinski definition) is 1. The van der Waals surface area contributed by atoms with Crippen LogP contribution in [0.15, 0.2) is 12.3 Å². The van der Waals surface area contributed by atoms with Gasteiger partial charge in [-0.2, -0.15) is 5.10 Å². The van der Waals surface area contributed by atoms with Crippen molar-refractivity contribution in [2.45, 2.75) is 59.0 Å². The number of rotatable bonds is 1. The van der Waals surface area contributed by atoms with Gasteiger partial charge in [0.05, 0.1) is 6.04 Å². The summed E-state index contributed by atoms with van der Waals surface area (Å²) in [5, 5.41) is 4.46. The molecule has 2 N–H and O–H groups in total. The Morgan fingerprint density at radius 2 is 2.00 bits per heavy atom. The minimum atomic E-state index is 0.00289. The molecule has 0 bridgehead atoms. The van der Waals surface area contributed by atoms with Crippen LogP contribution in [0.4, 0.5) is 0 Å². The summed E-state index contributed by atoms with van der Waals surface area (Å²) in [6.45, 7) is 13.6. The minimum absolute atomic E-state index is 0.00289. The van der Waals surface area contributed by atoms with Crippen LogP contribution in [0.5, 0.6) is 0 Å². The Hall–Kier alpha value is -0.830. The third-order valence-electron chi connectivity index (χ3n) is 4.68. The lowest BCUT2D eigenvalue weighted by Gasteiger charge is -2.48. The van der Waals surface area contributed by atoms with Crippen LogP contribution in [-0.4, -0.2) is 15.8 Å². The van der Waals surface area contributed by atoms with Crippen LogP contribution in [0.3, 0.4) is 0 Å². The zero-order chi connectivity index (χ0) is 13.0. The first kappa shape index (κ1) is 12.6. The fourth-order valence-corrected chi connectivity index (χ4v) is 4.10. The van der Waals surface area contributed by atoms with Crippen LogP contribution in [0.25, 0.3) is 0 Å². The van der Waals surface area contributed by atoms with Gasteiger partial charge in [0.2, 0.25) is 0 Å². The Morgan fingerprint density at radius 1 is 1.41 bits per heavy atom. The summed E-state index contributed by atoms with van der Waals surface area (Å²) in [5.74, 6) is 0.498. The van der Waals surface area contributed by atoms with Crippen molar-refractivity contribution in [1.29, 1.82) is 0 Å². The van der Waals surface area contributed by atoms with Crippen LogP contribution in [0, 0.1) is 11.3 Å². The Bertz CT molecular complexity index is 413. The molecule has 3 nitrogen and oxygen atoms in total. The Kier molecular flexibility index (Phi) is 2.66. The van der Waals surface area contributed by atoms with Crippen molar-refractivity contribution in [2.24, 2.45) is 17.1 Å². The molecule has 2 rings (SSSR count). The van der Waals surface area contributed by atoms with Gasteiger partial charge >= 0.3 is 0 Å². The van der Waals surface area contributed by atoms with Crippen LogP contribution in [0.1, 0.15) is 53.3 Å². The topological polar surface area (TPSA) is 43.8 Å². The van der Waals surface area contributed by atoms with Crippen molar-refractivity contribution in [3.8, 4) is 0 Å². The SMILES string of the molecule is CC1[C@@H](N)C(C(C)C)(C(C)(C)C)c2ccnn21. The van der Waals surface area contributed by atoms with Crippen LogP contribution in [-0.2, 0) is 5.41 Å². The van der Waals surface area contributed by atoms with Crippen molar-refractivity contribution >= 4 is 0 Å². The van der Waals surface area contributed by atoms with Gasteiger partial charge in [-0.1, -0.05) is 34.6 Å². The number of hydrogen-bond acceptors (Lipinski definition) is 2. The van der Waals surface area contributed by atoms with Gasteiger partial charge in [-0.05, 0) is 24.3 Å². The smallest absolute Gasteiger partial charge is 0.0654 e. The van der Waals surface area contributed by atoms with Gasteiger partial charge in [-0.15, -0.1) is 0 Å². The van der Waals surface area contributed by atoms with E-state index >= 15 is 0 Å². The Labute approximate surface area is 104 Å². The number of nitrogens with two attached hydrogens (primary N) is 1. The summed E-state index contributed by atoms with van der Waals surface area (Å²) in [6, 6.07) is 2.56. The Morgan fingerprint density at radius 3 is 2.47 bits per heavy atom. The van der Waals surface area contributed by atoms with Crippen LogP contribution < -0.4 is 5.73 Å². The monoisotopic (exact) mass is 235 g/mol. The highest BCUT2D eigenvalue weighted by molar-refractivity contribution is 5.31. The molecule has 3 atom stereocenters. The molecule has 0 spiro atoms. The summed E-state index contributed by atoms with van der Waals surface area (Å²) >= 11 is 0. The van der Waals surface area contributed by atoms with Crippen molar-refractivity contribution in [3.63, 3.8) is 0 Å². The van der Waals surface area contributed by atoms with E-state index < -0.39 is 0 Å². The molecule has 0 saturated heterocycles. The first-order valence-electron chi connectivity index (χ1n) is 6.54. The number of fused-ring (bicyclic) bond motifs is 1. The highest BCUT2D eigenvalue weighted by Gasteiger charge is 2.58. The van der Waals surface area contributed by atoms with Gasteiger partial charge in [-0.25, -0.2) is 0 Å². The highest BCUT2D eigenvalue weighted by atomic mass is 15.3. The largest absolute Gasteiger partial charge is 0.325 e. The molecule has 1 aliphatic heterocycles. The number of aromatic nitrogens is 2. The summed E-state index contributed by atoms with van der Waals surface area (Å²) < 4.78 is 2.12. The average molecular weight is 235 g/mol. The van der Waals surface area contributed by atoms with Crippen molar-refractivity contribution < 1.29 is 0 Å². The summed E-state index contributed by atoms with van der Waals surface area (Å²) in [5.41, 5.74) is 8.02. The molecule has 1 aliphatic rings. The Balaban J connectivity index is 2.70. The van der Waals surface area contributed by atoms with E-state index in [-0.39, 0.29) is 22.9 Å². The molecule has 2 unspecified atom stereocenters. The molecule has 3 heteroatoms. The van der Waals surface area contributed by atoms with Crippen molar-refractivity contribution in [1.82, 2.24) is 9.78 Å². The minimum Gasteiger partial charge on any atom is -0.325 e. The fraction of sp³-hybridized carbons (Fsp3) is 0.786. The van der Waals surface area contributed by atoms with E-state index in [9.17, 15) is 0 Å². The molecule has 2 heterocycles. The first-order valence-corrected chi connectivity index (χ1v) is 6.54. The molecule has 1 aromatic rings. The zero-order valence-electron chi connectivity index (χ0n) is 11.9. The highest BCUT2D eigenvalue weighted by Crippen LogP contribution is 2.55. The predicted molar refractivity (Wildman–Crippen MR) is 70.9 cm³/mol. The van der Waals surface area contributed by atoms with Gasteiger partial charge < -0.3 is 5.73 Å². The van der Waals surface area contributed by atoms with Crippen LogP contribution >= 0.6 is 0 Å². The van der Waals surface area contributed by atoms with E-state index in [2.05, 4.69) is 57.4 Å². The van der Waals surface area contributed by atoms with Gasteiger partial charge in [0.15, 0.2) is 0 Å². The average Bonchev–Trinajstić information content (AvgIpc) is 2.69. The molecule has 0 aliphatic carbocycles. The van der Waals surface area contributed by atoms with Crippen LogP contribution in [0.2, 0.25) is 0 Å². The van der Waals surface area contributed by atoms with Gasteiger partial charge in [0.1, 0.15) is 0 Å². The molecule has 0 aromatic carbocycles. The second kappa shape index (κ2) is 3.58. The molecule has 96 valence electrons. The fourth-order valence-electron chi connectivity index (χ4n) is 4.10. The third-order valence-corrected chi connectivity index (χ3v) is 4.68. The normalized spacial score (nSPS) is 33.2. The quantitative estimate of drug-likeness (QED) is 0.813. The zero-order valence-corrected chi connectivity index (χ0v) is 11.9. The van der Waals surface area contributed by atoms with E-state index in [1.54, 1.807) is 0 Å². The molecular formula is C14H25N3. The lowest BCUT2D eigenvalue weighted by molar-refractivity contribution is 0.0956. The molecule has 0 radical (unpaired) electrons. The summed E-state index contributed by atoms with van der Waals surface area (Å²) in [6.07, 6.45) is 1.90. The second-order valence-corrected chi connectivity index (χ2v) is 6.70. The van der Waals surface area contributed by atoms with E-state index in [4.69, 9.17) is 5.73 Å². The van der Waals surface area contributed by atoms with E-state index in [0.29, 0.717) is 5.92 Å². The first-order chi connectivity index (χ1) is 7.74. The van der Waals surface area contributed by atoms with Gasteiger partial charge in [0.25, 0.3) is 0 Å². The van der Waals surface area contributed by atoms with Gasteiger partial charge in [-0.3, -0.25) is 4.68 Å². The molecule has 17 heavy (non-hydrogen) atoms. The van der Waals surface area contributed by atoms with Crippen molar-refractivity contribution in [2.75, 3.05) is 0 Å². The maximum absolute atomic E-state index is 6.58.